The second-order valence-electron chi connectivity index (χ2n) is 14.7. The van der Waals surface area contributed by atoms with Crippen molar-refractivity contribution in [1.82, 2.24) is 0 Å². The molecule has 2 fully saturated rings. The van der Waals surface area contributed by atoms with E-state index >= 15 is 0 Å². The van der Waals surface area contributed by atoms with Gasteiger partial charge in [0.05, 0.1) is 24.9 Å². The van der Waals surface area contributed by atoms with Crippen molar-refractivity contribution in [1.29, 1.82) is 0 Å². The quantitative estimate of drug-likeness (QED) is 0.222. The molecule has 3 aromatic rings. The fourth-order valence-electron chi connectivity index (χ4n) is 9.51. The highest BCUT2D eigenvalue weighted by Gasteiger charge is 2.80. The van der Waals surface area contributed by atoms with Crippen molar-refractivity contribution in [2.75, 3.05) is 13.7 Å². The van der Waals surface area contributed by atoms with Gasteiger partial charge in [0.2, 0.25) is 0 Å². The van der Waals surface area contributed by atoms with Crippen LogP contribution in [-0.4, -0.2) is 51.6 Å². The third-order valence-electron chi connectivity index (χ3n) is 12.0. The van der Waals surface area contributed by atoms with Crippen LogP contribution in [0, 0.1) is 29.1 Å². The van der Waals surface area contributed by atoms with Gasteiger partial charge >= 0.3 is 0 Å². The molecule has 3 aromatic carbocycles. The summed E-state index contributed by atoms with van der Waals surface area (Å²) in [6.07, 6.45) is 4.25. The maximum Gasteiger partial charge on any atom is 0.190 e. The number of carbonyl (C=O) groups is 1. The third kappa shape index (κ3) is 4.13. The molecule has 4 aliphatic rings. The summed E-state index contributed by atoms with van der Waals surface area (Å²) in [7, 11) is 1.64. The molecule has 3 N–H and O–H groups in total. The zero-order chi connectivity index (χ0) is 32.7. The van der Waals surface area contributed by atoms with Crippen molar-refractivity contribution in [3.63, 3.8) is 0 Å². The summed E-state index contributed by atoms with van der Waals surface area (Å²) in [4.78, 5) is 13.7. The second kappa shape index (κ2) is 10.5. The van der Waals surface area contributed by atoms with Crippen molar-refractivity contribution < 1.29 is 29.6 Å². The molecular formula is C40H44O6. The molecule has 0 unspecified atom stereocenters. The second-order valence-corrected chi connectivity index (χ2v) is 14.7. The molecule has 0 radical (unpaired) electrons. The molecule has 0 saturated heterocycles. The number of aliphatic hydroxyl groups is 3. The van der Waals surface area contributed by atoms with Gasteiger partial charge in [0.15, 0.2) is 5.78 Å². The number of fused-ring (bicyclic) bond motifs is 5. The summed E-state index contributed by atoms with van der Waals surface area (Å²) in [5.41, 5.74) is -1.70. The largest absolute Gasteiger partial charge is 0.497 e. The lowest BCUT2D eigenvalue weighted by molar-refractivity contribution is -0.177. The van der Waals surface area contributed by atoms with Crippen LogP contribution in [0.3, 0.4) is 0 Å². The van der Waals surface area contributed by atoms with Crippen LogP contribution in [0.5, 0.6) is 5.75 Å². The molecular weight excluding hydrogens is 576 g/mol. The van der Waals surface area contributed by atoms with Gasteiger partial charge in [-0.25, -0.2) is 0 Å². The van der Waals surface area contributed by atoms with Crippen molar-refractivity contribution in [3.8, 4) is 5.75 Å². The normalized spacial score (nSPS) is 34.4. The lowest BCUT2D eigenvalue weighted by Gasteiger charge is -2.50. The Morgan fingerprint density at radius 1 is 0.848 bits per heavy atom. The molecule has 0 amide bonds. The van der Waals surface area contributed by atoms with E-state index in [1.165, 1.54) is 0 Å². The van der Waals surface area contributed by atoms with Gasteiger partial charge in [-0.05, 0) is 59.2 Å². The van der Waals surface area contributed by atoms with E-state index in [0.29, 0.717) is 12.0 Å². The number of carbonyl (C=O) groups excluding carboxylic acids is 1. The average molecular weight is 621 g/mol. The zero-order valence-electron chi connectivity index (χ0n) is 27.2. The number of hydrogen-bond acceptors (Lipinski definition) is 6. The summed E-state index contributed by atoms with van der Waals surface area (Å²) >= 11 is 0. The lowest BCUT2D eigenvalue weighted by atomic mass is 9.60. The Bertz CT molecular complexity index is 1670. The topological polar surface area (TPSA) is 96.2 Å². The van der Waals surface area contributed by atoms with Gasteiger partial charge in [0, 0.05) is 29.6 Å². The molecule has 0 spiro atoms. The molecule has 46 heavy (non-hydrogen) atoms. The Kier molecular flexibility index (Phi) is 7.08. The zero-order valence-corrected chi connectivity index (χ0v) is 27.2. The number of Topliss-reactive ketones (excluding diaryl/α,β-unsaturated/α-hetero) is 1. The van der Waals surface area contributed by atoms with Gasteiger partial charge in [0.1, 0.15) is 17.0 Å². The fourth-order valence-corrected chi connectivity index (χ4v) is 9.51. The molecule has 2 saturated carbocycles. The minimum atomic E-state index is -1.81. The minimum absolute atomic E-state index is 0.0315. The van der Waals surface area contributed by atoms with E-state index in [2.05, 4.69) is 13.8 Å². The first-order valence-electron chi connectivity index (χ1n) is 16.3. The maximum atomic E-state index is 13.7. The summed E-state index contributed by atoms with van der Waals surface area (Å²) in [6, 6.07) is 27.9. The van der Waals surface area contributed by atoms with Crippen LogP contribution in [0.1, 0.15) is 57.2 Å². The summed E-state index contributed by atoms with van der Waals surface area (Å²) in [6.45, 7) is 7.85. The Balaban J connectivity index is 1.38. The summed E-state index contributed by atoms with van der Waals surface area (Å²) < 4.78 is 12.7. The van der Waals surface area contributed by atoms with Crippen LogP contribution in [0.25, 0.3) is 0 Å². The Hall–Kier alpha value is -3.55. The maximum absolute atomic E-state index is 13.7. The SMILES string of the molecule is COc1ccc(C(OCC2=C[C@H]3[C@@H]4C(C)(C)[C@]4(O)C[C@@H](C)[C@]3(O)[C@@H]3C=C(C)C(=O)[C@@]3(O)C2)(c2ccccc2)c2ccccc2)cc1. The monoisotopic (exact) mass is 620 g/mol. The lowest BCUT2D eigenvalue weighted by Crippen LogP contribution is -2.60. The molecule has 7 rings (SSSR count). The van der Waals surface area contributed by atoms with Crippen LogP contribution in [0.4, 0.5) is 0 Å². The minimum Gasteiger partial charge on any atom is -0.497 e. The van der Waals surface area contributed by atoms with Gasteiger partial charge in [0.25, 0.3) is 0 Å². The van der Waals surface area contributed by atoms with Crippen LogP contribution in [0.2, 0.25) is 0 Å². The molecule has 7 atom stereocenters. The highest BCUT2D eigenvalue weighted by Crippen LogP contribution is 2.75. The molecule has 0 bridgehead atoms. The first kappa shape index (κ1) is 31.1. The van der Waals surface area contributed by atoms with E-state index in [9.17, 15) is 20.1 Å². The molecule has 6 heteroatoms. The van der Waals surface area contributed by atoms with Crippen LogP contribution in [0.15, 0.2) is 108 Å². The van der Waals surface area contributed by atoms with Crippen molar-refractivity contribution >= 4 is 5.78 Å². The van der Waals surface area contributed by atoms with E-state index in [1.54, 1.807) is 20.1 Å². The predicted molar refractivity (Wildman–Crippen MR) is 176 cm³/mol. The number of ether oxygens (including phenoxy) is 2. The third-order valence-corrected chi connectivity index (χ3v) is 12.0. The standard InChI is InChI=1S/C40H44O6/c1-25-20-33-37(42,35(25)41)23-27(21-32-34-36(3,4)38(34,43)22-26(2)39(32,33)44)24-46-40(28-12-8-6-9-13-28,29-14-10-7-11-15-29)30-16-18-31(45-5)19-17-30/h6-21,26,32-34,42-44H,22-24H2,1-5H3/t26-,32+,33-,34-,37-,38+,39-/m1/s1. The first-order valence-corrected chi connectivity index (χ1v) is 16.3. The average Bonchev–Trinajstić information content (AvgIpc) is 3.43. The van der Waals surface area contributed by atoms with Gasteiger partial charge in [-0.1, -0.05) is 106 Å². The van der Waals surface area contributed by atoms with E-state index in [1.807, 2.05) is 97.9 Å². The Labute approximate surface area is 271 Å². The Morgan fingerprint density at radius 2 is 1.41 bits per heavy atom. The number of ketones is 1. The Morgan fingerprint density at radius 3 is 1.98 bits per heavy atom. The van der Waals surface area contributed by atoms with Gasteiger partial charge < -0.3 is 24.8 Å². The van der Waals surface area contributed by atoms with Crippen LogP contribution in [-0.2, 0) is 15.1 Å². The summed E-state index contributed by atoms with van der Waals surface area (Å²) in [5, 5.41) is 36.8. The van der Waals surface area contributed by atoms with Crippen LogP contribution >= 0.6 is 0 Å². The molecule has 0 aliphatic heterocycles. The van der Waals surface area contributed by atoms with Gasteiger partial charge in [-0.2, -0.15) is 0 Å². The van der Waals surface area contributed by atoms with E-state index in [4.69, 9.17) is 9.47 Å². The first-order chi connectivity index (χ1) is 21.8. The molecule has 6 nitrogen and oxygen atoms in total. The molecule has 240 valence electrons. The number of benzene rings is 3. The fraction of sp³-hybridized carbons (Fsp3) is 0.425. The van der Waals surface area contributed by atoms with Crippen molar-refractivity contribution in [3.05, 3.63) is 125 Å². The van der Waals surface area contributed by atoms with E-state index in [-0.39, 0.29) is 30.6 Å². The predicted octanol–water partition coefficient (Wildman–Crippen LogP) is 5.98. The van der Waals surface area contributed by atoms with E-state index < -0.39 is 39.7 Å². The molecule has 0 heterocycles. The number of rotatable bonds is 7. The van der Waals surface area contributed by atoms with Crippen molar-refractivity contribution in [2.45, 2.75) is 62.9 Å². The molecule has 0 aromatic heterocycles. The number of hydrogen-bond donors (Lipinski definition) is 3. The highest BCUT2D eigenvalue weighted by molar-refractivity contribution is 6.04. The number of methoxy groups -OCH3 is 1. The van der Waals surface area contributed by atoms with Gasteiger partial charge in [-0.3, -0.25) is 4.79 Å². The summed E-state index contributed by atoms with van der Waals surface area (Å²) in [5.74, 6) is -1.47. The smallest absolute Gasteiger partial charge is 0.190 e. The van der Waals surface area contributed by atoms with E-state index in [0.717, 1.165) is 28.0 Å². The van der Waals surface area contributed by atoms with Crippen LogP contribution < -0.4 is 4.74 Å². The molecule has 4 aliphatic carbocycles. The van der Waals surface area contributed by atoms with Gasteiger partial charge in [-0.15, -0.1) is 0 Å². The van der Waals surface area contributed by atoms with Crippen molar-refractivity contribution in [2.24, 2.45) is 29.1 Å². The highest BCUT2D eigenvalue weighted by atomic mass is 16.5.